The Morgan fingerprint density at radius 3 is 1.67 bits per heavy atom. The molecule has 2 aromatic carbocycles. The third kappa shape index (κ3) is 6.68. The fraction of sp³-hybridized carbons (Fsp3) is 0.500. The first-order valence-corrected chi connectivity index (χ1v) is 11.4. The molecule has 0 N–H and O–H groups in total. The van der Waals surface area contributed by atoms with Gasteiger partial charge in [0.2, 0.25) is 0 Å². The van der Waals surface area contributed by atoms with Crippen LogP contribution in [0, 0.1) is 11.8 Å². The first-order valence-electron chi connectivity index (χ1n) is 10.1. The Labute approximate surface area is 195 Å². The van der Waals surface area contributed by atoms with Gasteiger partial charge in [-0.2, -0.15) is 0 Å². The number of methoxy groups -OCH3 is 1. The minimum atomic E-state index is -0.295. The maximum Gasteiger partial charge on any atom is 0.137 e. The van der Waals surface area contributed by atoms with Crippen molar-refractivity contribution in [3.05, 3.63) is 57.6 Å². The summed E-state index contributed by atoms with van der Waals surface area (Å²) < 4.78 is 16.8. The van der Waals surface area contributed by atoms with Crippen LogP contribution in [0.5, 0.6) is 11.5 Å². The Morgan fingerprint density at radius 2 is 1.27 bits per heavy atom. The Balaban J connectivity index is 2.16. The van der Waals surface area contributed by atoms with Gasteiger partial charge in [-0.05, 0) is 35.4 Å². The monoisotopic (exact) mass is 472 g/mol. The molecule has 0 saturated carbocycles. The maximum absolute atomic E-state index is 6.51. The lowest BCUT2D eigenvalue weighted by Gasteiger charge is -2.27. The molecule has 0 bridgehead atoms. The number of benzene rings is 2. The number of ether oxygens (including phenoxy) is 3. The van der Waals surface area contributed by atoms with Crippen LogP contribution in [0.4, 0.5) is 0 Å². The second-order valence-corrected chi connectivity index (χ2v) is 9.48. The van der Waals surface area contributed by atoms with E-state index in [2.05, 4.69) is 20.8 Å². The van der Waals surface area contributed by atoms with Crippen LogP contribution in [0.2, 0.25) is 10.0 Å². The van der Waals surface area contributed by atoms with Gasteiger partial charge < -0.3 is 14.2 Å². The summed E-state index contributed by atoms with van der Waals surface area (Å²) in [5.41, 5.74) is 1.85. The molecule has 2 atom stereocenters. The molecule has 0 heterocycles. The zero-order valence-corrected chi connectivity index (χ0v) is 20.6. The van der Waals surface area contributed by atoms with Gasteiger partial charge in [-0.1, -0.05) is 63.0 Å². The van der Waals surface area contributed by atoms with E-state index in [1.165, 1.54) is 0 Å². The Hall–Kier alpha value is -1.13. The average molecular weight is 474 g/mol. The summed E-state index contributed by atoms with van der Waals surface area (Å²) in [7, 11) is 1.69. The molecular weight excluding hydrogens is 443 g/mol. The molecule has 2 aromatic rings. The van der Waals surface area contributed by atoms with Crippen LogP contribution in [0.1, 0.15) is 38.8 Å². The van der Waals surface area contributed by atoms with Crippen molar-refractivity contribution in [2.75, 3.05) is 32.8 Å². The van der Waals surface area contributed by atoms with Crippen molar-refractivity contribution in [2.45, 2.75) is 33.1 Å². The molecule has 0 fully saturated rings. The van der Waals surface area contributed by atoms with Gasteiger partial charge in [0.15, 0.2) is 0 Å². The predicted molar refractivity (Wildman–Crippen MR) is 127 cm³/mol. The molecule has 0 aliphatic carbocycles. The fourth-order valence-corrected chi connectivity index (χ4v) is 3.58. The lowest BCUT2D eigenvalue weighted by atomic mass is 9.78. The predicted octanol–water partition coefficient (Wildman–Crippen LogP) is 7.23. The van der Waals surface area contributed by atoms with E-state index >= 15 is 0 Å². The summed E-state index contributed by atoms with van der Waals surface area (Å²) in [5, 5.41) is 1.17. The van der Waals surface area contributed by atoms with E-state index in [1.807, 2.05) is 43.3 Å². The van der Waals surface area contributed by atoms with Crippen molar-refractivity contribution >= 4 is 34.8 Å². The molecule has 0 unspecified atom stereocenters. The molecule has 0 amide bonds. The number of hydrogen-bond acceptors (Lipinski definition) is 3. The highest BCUT2D eigenvalue weighted by atomic mass is 35.5. The molecular formula is C24H31Cl3O3. The van der Waals surface area contributed by atoms with E-state index in [0.29, 0.717) is 47.2 Å². The van der Waals surface area contributed by atoms with Gasteiger partial charge in [-0.3, -0.25) is 0 Å². The zero-order valence-electron chi connectivity index (χ0n) is 18.3. The zero-order chi connectivity index (χ0) is 22.3. The molecule has 0 aromatic heterocycles. The Bertz CT molecular complexity index is 823. The van der Waals surface area contributed by atoms with Crippen molar-refractivity contribution in [1.82, 2.24) is 0 Å². The smallest absolute Gasteiger partial charge is 0.137 e. The van der Waals surface area contributed by atoms with Crippen LogP contribution in [0.15, 0.2) is 36.4 Å². The number of halogens is 3. The van der Waals surface area contributed by atoms with Crippen LogP contribution in [0.25, 0.3) is 0 Å². The largest absolute Gasteiger partial charge is 0.492 e. The van der Waals surface area contributed by atoms with E-state index in [0.717, 1.165) is 11.1 Å². The van der Waals surface area contributed by atoms with E-state index in [4.69, 9.17) is 49.0 Å². The third-order valence-corrected chi connectivity index (χ3v) is 6.19. The molecule has 3 nitrogen and oxygen atoms in total. The molecule has 0 radical (unpaired) electrons. The van der Waals surface area contributed by atoms with Crippen LogP contribution >= 0.6 is 34.8 Å². The van der Waals surface area contributed by atoms with Gasteiger partial charge in [-0.25, -0.2) is 0 Å². The highest BCUT2D eigenvalue weighted by Crippen LogP contribution is 2.38. The van der Waals surface area contributed by atoms with Gasteiger partial charge in [0.05, 0.1) is 29.9 Å². The van der Waals surface area contributed by atoms with E-state index in [9.17, 15) is 0 Å². The maximum atomic E-state index is 6.51. The molecule has 0 aliphatic heterocycles. The van der Waals surface area contributed by atoms with Crippen LogP contribution in [0.3, 0.4) is 0 Å². The third-order valence-electron chi connectivity index (χ3n) is 5.07. The van der Waals surface area contributed by atoms with Gasteiger partial charge in [0.25, 0.3) is 0 Å². The van der Waals surface area contributed by atoms with Gasteiger partial charge in [0, 0.05) is 30.2 Å². The first kappa shape index (κ1) is 25.1. The van der Waals surface area contributed by atoms with Crippen LogP contribution in [-0.4, -0.2) is 32.8 Å². The second-order valence-electron chi connectivity index (χ2n) is 8.36. The summed E-state index contributed by atoms with van der Waals surface area (Å²) in [6.07, 6.45) is 0. The Kier molecular flexibility index (Phi) is 9.62. The molecule has 0 saturated heterocycles. The SMILES string of the molecule is COC[C@H](C)COc1ccc(C(C)(C)c2ccc(OC[C@H](C)CCl)c(Cl)c2)cc1Cl. The van der Waals surface area contributed by atoms with E-state index < -0.39 is 0 Å². The van der Waals surface area contributed by atoms with E-state index in [1.54, 1.807) is 7.11 Å². The number of rotatable bonds is 11. The van der Waals surface area contributed by atoms with Crippen molar-refractivity contribution < 1.29 is 14.2 Å². The highest BCUT2D eigenvalue weighted by molar-refractivity contribution is 6.32. The quantitative estimate of drug-likeness (QED) is 0.322. The molecule has 166 valence electrons. The van der Waals surface area contributed by atoms with Gasteiger partial charge in [-0.15, -0.1) is 11.6 Å². The highest BCUT2D eigenvalue weighted by Gasteiger charge is 2.25. The Morgan fingerprint density at radius 1 is 0.800 bits per heavy atom. The summed E-state index contributed by atoms with van der Waals surface area (Å²) in [5.74, 6) is 2.44. The lowest BCUT2D eigenvalue weighted by molar-refractivity contribution is 0.127. The van der Waals surface area contributed by atoms with Crippen LogP contribution in [-0.2, 0) is 10.2 Å². The standard InChI is InChI=1S/C24H31Cl3O3/c1-16(12-25)14-29-22-8-6-18(10-20(22)26)24(3,4)19-7-9-23(21(27)11-19)30-15-17(2)13-28-5/h6-11,16-17H,12-15H2,1-5H3/t16-,17+/m1/s1. The van der Waals surface area contributed by atoms with Crippen molar-refractivity contribution in [3.8, 4) is 11.5 Å². The van der Waals surface area contributed by atoms with Crippen molar-refractivity contribution in [1.29, 1.82) is 0 Å². The second kappa shape index (κ2) is 11.5. The minimum absolute atomic E-state index is 0.263. The first-order chi connectivity index (χ1) is 14.2. The topological polar surface area (TPSA) is 27.7 Å². The van der Waals surface area contributed by atoms with Gasteiger partial charge in [0.1, 0.15) is 11.5 Å². The summed E-state index contributed by atoms with van der Waals surface area (Å²) in [6, 6.07) is 11.8. The molecule has 6 heteroatoms. The summed E-state index contributed by atoms with van der Waals surface area (Å²) in [4.78, 5) is 0. The molecule has 0 spiro atoms. The van der Waals surface area contributed by atoms with Gasteiger partial charge >= 0.3 is 0 Å². The molecule has 30 heavy (non-hydrogen) atoms. The van der Waals surface area contributed by atoms with Crippen molar-refractivity contribution in [2.24, 2.45) is 11.8 Å². The average Bonchev–Trinajstić information content (AvgIpc) is 2.71. The molecule has 2 rings (SSSR count). The number of alkyl halides is 1. The number of hydrogen-bond donors (Lipinski definition) is 0. The van der Waals surface area contributed by atoms with Crippen LogP contribution < -0.4 is 9.47 Å². The minimum Gasteiger partial charge on any atom is -0.492 e. The lowest BCUT2D eigenvalue weighted by Crippen LogP contribution is -2.19. The fourth-order valence-electron chi connectivity index (χ4n) is 3.02. The molecule has 0 aliphatic rings. The van der Waals surface area contributed by atoms with E-state index in [-0.39, 0.29) is 17.3 Å². The summed E-state index contributed by atoms with van der Waals surface area (Å²) >= 11 is 18.8. The van der Waals surface area contributed by atoms with Crippen molar-refractivity contribution in [3.63, 3.8) is 0 Å². The normalized spacial score (nSPS) is 13.7. The summed E-state index contributed by atoms with van der Waals surface area (Å²) in [6.45, 7) is 10.1.